The largest absolute Gasteiger partial charge is 0.331 e. The Morgan fingerprint density at radius 2 is 1.70 bits per heavy atom. The predicted molar refractivity (Wildman–Crippen MR) is 103 cm³/mol. The summed E-state index contributed by atoms with van der Waals surface area (Å²) in [5.41, 5.74) is 10.9. The smallest absolute Gasteiger partial charge is 0.191 e. The molecule has 0 heterocycles. The average Bonchev–Trinajstić information content (AvgIpc) is 2.52. The van der Waals surface area contributed by atoms with Crippen molar-refractivity contribution < 1.29 is 0 Å². The second-order valence-electron chi connectivity index (χ2n) is 5.81. The second kappa shape index (κ2) is 7.38. The maximum absolute atomic E-state index is 5.32. The Bertz CT molecular complexity index is 763. The summed E-state index contributed by atoms with van der Waals surface area (Å²) < 4.78 is 0. The molecule has 0 bridgehead atoms. The summed E-state index contributed by atoms with van der Waals surface area (Å²) in [6, 6.07) is 12.4. The van der Waals surface area contributed by atoms with E-state index in [1.165, 1.54) is 22.3 Å². The van der Waals surface area contributed by atoms with Crippen LogP contribution in [0.5, 0.6) is 0 Å². The lowest BCUT2D eigenvalue weighted by Gasteiger charge is -2.12. The van der Waals surface area contributed by atoms with Gasteiger partial charge in [-0.2, -0.15) is 5.10 Å². The Kier molecular flexibility index (Phi) is 5.50. The van der Waals surface area contributed by atoms with Crippen LogP contribution < -0.4 is 10.7 Å². The van der Waals surface area contributed by atoms with Crippen LogP contribution in [-0.4, -0.2) is 10.8 Å². The molecule has 0 spiro atoms. The zero-order chi connectivity index (χ0) is 17.0. The van der Waals surface area contributed by atoms with Gasteiger partial charge in [-0.1, -0.05) is 24.3 Å². The van der Waals surface area contributed by atoms with E-state index in [-0.39, 0.29) is 0 Å². The molecule has 0 aliphatic carbocycles. The van der Waals surface area contributed by atoms with Crippen LogP contribution in [0.3, 0.4) is 0 Å². The van der Waals surface area contributed by atoms with Gasteiger partial charge < -0.3 is 5.32 Å². The van der Waals surface area contributed by atoms with Crippen molar-refractivity contribution in [3.8, 4) is 0 Å². The second-order valence-corrected chi connectivity index (χ2v) is 6.22. The van der Waals surface area contributed by atoms with E-state index in [0.717, 1.165) is 17.0 Å². The molecule has 3 nitrogen and oxygen atoms in total. The van der Waals surface area contributed by atoms with Crippen molar-refractivity contribution in [2.24, 2.45) is 5.10 Å². The van der Waals surface area contributed by atoms with Gasteiger partial charge in [0, 0.05) is 5.69 Å². The molecule has 2 N–H and O–H groups in total. The highest BCUT2D eigenvalue weighted by atomic mass is 32.1. The average molecular weight is 325 g/mol. The van der Waals surface area contributed by atoms with Crippen molar-refractivity contribution in [2.45, 2.75) is 34.6 Å². The number of nitrogens with zero attached hydrogens (tertiary/aromatic N) is 1. The van der Waals surface area contributed by atoms with Gasteiger partial charge in [0.2, 0.25) is 0 Å². The Hall–Kier alpha value is -2.20. The highest BCUT2D eigenvalue weighted by molar-refractivity contribution is 7.80. The van der Waals surface area contributed by atoms with Crippen LogP contribution in [0, 0.1) is 27.7 Å². The molecular formula is C19H23N3S. The van der Waals surface area contributed by atoms with E-state index < -0.39 is 0 Å². The molecule has 4 heteroatoms. The van der Waals surface area contributed by atoms with E-state index in [1.54, 1.807) is 0 Å². The van der Waals surface area contributed by atoms with Crippen molar-refractivity contribution >= 4 is 28.7 Å². The van der Waals surface area contributed by atoms with Crippen molar-refractivity contribution in [3.63, 3.8) is 0 Å². The summed E-state index contributed by atoms with van der Waals surface area (Å²) in [6.45, 7) is 10.3. The van der Waals surface area contributed by atoms with Crippen LogP contribution in [0.25, 0.3) is 0 Å². The first-order chi connectivity index (χ1) is 10.9. The number of hydrazone groups is 1. The number of thiocarbonyl (C=S) groups is 1. The number of hydrogen-bond acceptors (Lipinski definition) is 2. The lowest BCUT2D eigenvalue weighted by molar-refractivity contribution is 1.04. The number of anilines is 1. The molecule has 0 amide bonds. The summed E-state index contributed by atoms with van der Waals surface area (Å²) in [5, 5.41) is 8.06. The quantitative estimate of drug-likeness (QED) is 0.491. The normalized spacial score (nSPS) is 11.3. The molecule has 0 saturated heterocycles. The zero-order valence-electron chi connectivity index (χ0n) is 14.3. The van der Waals surface area contributed by atoms with Crippen LogP contribution >= 0.6 is 12.2 Å². The van der Waals surface area contributed by atoms with Gasteiger partial charge in [-0.25, -0.2) is 0 Å². The van der Waals surface area contributed by atoms with E-state index in [4.69, 9.17) is 12.2 Å². The molecular weight excluding hydrogens is 302 g/mol. The van der Waals surface area contributed by atoms with Gasteiger partial charge in [0.25, 0.3) is 0 Å². The molecule has 0 unspecified atom stereocenters. The lowest BCUT2D eigenvalue weighted by Crippen LogP contribution is -2.25. The van der Waals surface area contributed by atoms with E-state index >= 15 is 0 Å². The Balaban J connectivity index is 2.05. The number of nitrogens with one attached hydrogen (secondary N) is 2. The summed E-state index contributed by atoms with van der Waals surface area (Å²) in [4.78, 5) is 0. The molecule has 120 valence electrons. The highest BCUT2D eigenvalue weighted by Gasteiger charge is 2.03. The third kappa shape index (κ3) is 4.39. The van der Waals surface area contributed by atoms with Crippen LogP contribution in [0.2, 0.25) is 0 Å². The van der Waals surface area contributed by atoms with Crippen molar-refractivity contribution in [1.29, 1.82) is 0 Å². The Morgan fingerprint density at radius 3 is 2.39 bits per heavy atom. The van der Waals surface area contributed by atoms with E-state index in [1.807, 2.05) is 19.1 Å². The van der Waals surface area contributed by atoms with Crippen LogP contribution in [0.15, 0.2) is 41.5 Å². The van der Waals surface area contributed by atoms with Gasteiger partial charge >= 0.3 is 0 Å². The monoisotopic (exact) mass is 325 g/mol. The number of benzene rings is 2. The first kappa shape index (κ1) is 17.2. The van der Waals surface area contributed by atoms with Crippen LogP contribution in [0.4, 0.5) is 5.69 Å². The van der Waals surface area contributed by atoms with Crippen molar-refractivity contribution in [3.05, 3.63) is 64.2 Å². The topological polar surface area (TPSA) is 36.4 Å². The maximum atomic E-state index is 5.32. The Labute approximate surface area is 143 Å². The summed E-state index contributed by atoms with van der Waals surface area (Å²) >= 11 is 5.32. The molecule has 0 aliphatic rings. The van der Waals surface area contributed by atoms with Gasteiger partial charge in [-0.05, 0) is 86.8 Å². The van der Waals surface area contributed by atoms with Crippen LogP contribution in [0.1, 0.15) is 34.7 Å². The van der Waals surface area contributed by atoms with Crippen molar-refractivity contribution in [1.82, 2.24) is 5.43 Å². The number of aryl methyl sites for hydroxylation is 3. The summed E-state index contributed by atoms with van der Waals surface area (Å²) in [6.07, 6.45) is 0. The fourth-order valence-corrected chi connectivity index (χ4v) is 2.36. The number of hydrogen-bond donors (Lipinski definition) is 2. The molecule has 2 aromatic rings. The maximum Gasteiger partial charge on any atom is 0.191 e. The molecule has 23 heavy (non-hydrogen) atoms. The minimum absolute atomic E-state index is 0.488. The van der Waals surface area contributed by atoms with Crippen LogP contribution in [-0.2, 0) is 0 Å². The lowest BCUT2D eigenvalue weighted by atomic mass is 10.0. The molecule has 0 atom stereocenters. The highest BCUT2D eigenvalue weighted by Crippen LogP contribution is 2.17. The van der Waals surface area contributed by atoms with E-state index in [9.17, 15) is 0 Å². The third-order valence-electron chi connectivity index (χ3n) is 4.10. The van der Waals surface area contributed by atoms with Gasteiger partial charge in [-0.3, -0.25) is 5.43 Å². The molecule has 0 aromatic heterocycles. The first-order valence-electron chi connectivity index (χ1n) is 7.63. The van der Waals surface area contributed by atoms with E-state index in [0.29, 0.717) is 5.11 Å². The minimum Gasteiger partial charge on any atom is -0.331 e. The molecule has 0 fully saturated rings. The molecule has 0 aliphatic heterocycles. The summed E-state index contributed by atoms with van der Waals surface area (Å²) in [7, 11) is 0. The van der Waals surface area contributed by atoms with Gasteiger partial charge in [0.15, 0.2) is 5.11 Å². The van der Waals surface area contributed by atoms with Gasteiger partial charge in [0.1, 0.15) is 0 Å². The first-order valence-corrected chi connectivity index (χ1v) is 8.04. The predicted octanol–water partition coefficient (Wildman–Crippen LogP) is 4.63. The Morgan fingerprint density at radius 1 is 0.957 bits per heavy atom. The van der Waals surface area contributed by atoms with E-state index in [2.05, 4.69) is 67.8 Å². The number of rotatable bonds is 3. The fraction of sp³-hybridized carbons (Fsp3) is 0.263. The zero-order valence-corrected chi connectivity index (χ0v) is 15.1. The minimum atomic E-state index is 0.488. The molecule has 0 radical (unpaired) electrons. The van der Waals surface area contributed by atoms with Crippen molar-refractivity contribution in [2.75, 3.05) is 5.32 Å². The molecule has 2 rings (SSSR count). The van der Waals surface area contributed by atoms with Gasteiger partial charge in [-0.15, -0.1) is 0 Å². The SMILES string of the molecule is C/C(=N\NC(=S)Nc1cccc(C)c1C)c1ccc(C)c(C)c1. The van der Waals surface area contributed by atoms with Gasteiger partial charge in [0.05, 0.1) is 5.71 Å². The molecule has 0 saturated carbocycles. The third-order valence-corrected chi connectivity index (χ3v) is 4.30. The summed E-state index contributed by atoms with van der Waals surface area (Å²) in [5.74, 6) is 0. The molecule has 2 aromatic carbocycles. The standard InChI is InChI=1S/C19H23N3S/c1-12-9-10-17(11-14(12)3)16(5)21-22-19(23)20-18-8-6-7-13(2)15(18)4/h6-11H,1-5H3,(H2,20,22,23)/b21-16+. The fourth-order valence-electron chi connectivity index (χ4n) is 2.20.